The minimum Gasteiger partial charge on any atom is -0.312 e. The maximum absolute atomic E-state index is 4.59. The standard InChI is InChI=1S/C16H31N5/c1-6-13-10-14(21(5)18-13)11-15(17-7-2)16-12-19(3)8-9-20(16)4/h10,15-17H,6-9,11-12H2,1-5H3. The van der Waals surface area contributed by atoms with Crippen molar-refractivity contribution in [1.29, 1.82) is 0 Å². The van der Waals surface area contributed by atoms with Gasteiger partial charge in [-0.05, 0) is 33.1 Å². The third-order valence-corrected chi connectivity index (χ3v) is 4.65. The molecule has 5 nitrogen and oxygen atoms in total. The molecule has 2 atom stereocenters. The van der Waals surface area contributed by atoms with Crippen LogP contribution in [0.1, 0.15) is 25.2 Å². The second-order valence-electron chi connectivity index (χ2n) is 6.28. The Morgan fingerprint density at radius 3 is 2.67 bits per heavy atom. The van der Waals surface area contributed by atoms with E-state index in [4.69, 9.17) is 0 Å². The fourth-order valence-electron chi connectivity index (χ4n) is 3.25. The molecular formula is C16H31N5. The molecule has 5 heteroatoms. The van der Waals surface area contributed by atoms with Crippen LogP contribution >= 0.6 is 0 Å². The number of aromatic nitrogens is 2. The SMILES string of the molecule is CCNC(Cc1cc(CC)nn1C)C1CN(C)CCN1C. The summed E-state index contributed by atoms with van der Waals surface area (Å²) in [5, 5.41) is 8.28. The summed E-state index contributed by atoms with van der Waals surface area (Å²) in [4.78, 5) is 4.94. The summed E-state index contributed by atoms with van der Waals surface area (Å²) in [7, 11) is 6.54. The van der Waals surface area contributed by atoms with Crippen molar-refractivity contribution < 1.29 is 0 Å². The predicted octanol–water partition coefficient (Wildman–Crippen LogP) is 0.749. The second-order valence-corrected chi connectivity index (χ2v) is 6.28. The Hall–Kier alpha value is -0.910. The zero-order valence-electron chi connectivity index (χ0n) is 14.3. The van der Waals surface area contributed by atoms with Crippen molar-refractivity contribution in [3.8, 4) is 0 Å². The van der Waals surface area contributed by atoms with Gasteiger partial charge in [-0.25, -0.2) is 0 Å². The van der Waals surface area contributed by atoms with E-state index in [0.717, 1.165) is 39.0 Å². The molecule has 120 valence electrons. The van der Waals surface area contributed by atoms with Crippen molar-refractivity contribution in [1.82, 2.24) is 24.9 Å². The fraction of sp³-hybridized carbons (Fsp3) is 0.812. The summed E-state index contributed by atoms with van der Waals surface area (Å²) >= 11 is 0. The molecule has 0 radical (unpaired) electrons. The summed E-state index contributed by atoms with van der Waals surface area (Å²) in [5.74, 6) is 0. The highest BCUT2D eigenvalue weighted by atomic mass is 15.3. The Morgan fingerprint density at radius 2 is 2.05 bits per heavy atom. The third kappa shape index (κ3) is 4.05. The van der Waals surface area contributed by atoms with Crippen LogP contribution in [-0.4, -0.2) is 71.9 Å². The highest BCUT2D eigenvalue weighted by Gasteiger charge is 2.30. The van der Waals surface area contributed by atoms with Crippen molar-refractivity contribution in [2.75, 3.05) is 40.3 Å². The minimum absolute atomic E-state index is 0.475. The molecule has 1 saturated heterocycles. The lowest BCUT2D eigenvalue weighted by atomic mass is 9.98. The zero-order chi connectivity index (χ0) is 15.4. The van der Waals surface area contributed by atoms with Gasteiger partial charge in [0.15, 0.2) is 0 Å². The quantitative estimate of drug-likeness (QED) is 0.840. The van der Waals surface area contributed by atoms with Gasteiger partial charge in [-0.3, -0.25) is 9.58 Å². The molecule has 0 spiro atoms. The van der Waals surface area contributed by atoms with Crippen LogP contribution in [0.2, 0.25) is 0 Å². The first-order valence-corrected chi connectivity index (χ1v) is 8.19. The van der Waals surface area contributed by atoms with Crippen molar-refractivity contribution in [2.24, 2.45) is 7.05 Å². The smallest absolute Gasteiger partial charge is 0.0624 e. The van der Waals surface area contributed by atoms with Gasteiger partial charge in [-0.15, -0.1) is 0 Å². The van der Waals surface area contributed by atoms with E-state index >= 15 is 0 Å². The van der Waals surface area contributed by atoms with E-state index < -0.39 is 0 Å². The molecule has 2 unspecified atom stereocenters. The summed E-state index contributed by atoms with van der Waals surface area (Å²) in [6.45, 7) is 8.81. The highest BCUT2D eigenvalue weighted by molar-refractivity contribution is 5.12. The number of rotatable bonds is 6. The van der Waals surface area contributed by atoms with Crippen LogP contribution in [0.5, 0.6) is 0 Å². The molecule has 1 fully saturated rings. The Labute approximate surface area is 129 Å². The van der Waals surface area contributed by atoms with E-state index in [2.05, 4.69) is 66.0 Å². The molecule has 1 aromatic rings. The zero-order valence-corrected chi connectivity index (χ0v) is 14.3. The molecule has 0 aromatic carbocycles. The average molecular weight is 293 g/mol. The number of hydrogen-bond acceptors (Lipinski definition) is 4. The lowest BCUT2D eigenvalue weighted by Crippen LogP contribution is -2.59. The molecular weight excluding hydrogens is 262 g/mol. The molecule has 0 amide bonds. The van der Waals surface area contributed by atoms with E-state index in [1.165, 1.54) is 11.4 Å². The van der Waals surface area contributed by atoms with Crippen LogP contribution in [0.15, 0.2) is 6.07 Å². The number of aryl methyl sites for hydroxylation is 2. The third-order valence-electron chi connectivity index (χ3n) is 4.65. The Bertz CT molecular complexity index is 442. The van der Waals surface area contributed by atoms with Crippen molar-refractivity contribution in [2.45, 2.75) is 38.8 Å². The lowest BCUT2D eigenvalue weighted by Gasteiger charge is -2.42. The summed E-state index contributed by atoms with van der Waals surface area (Å²) in [6.07, 6.45) is 2.05. The van der Waals surface area contributed by atoms with Gasteiger partial charge in [-0.2, -0.15) is 5.10 Å². The van der Waals surface area contributed by atoms with Gasteiger partial charge in [-0.1, -0.05) is 13.8 Å². The van der Waals surface area contributed by atoms with Crippen molar-refractivity contribution >= 4 is 0 Å². The predicted molar refractivity (Wildman–Crippen MR) is 87.7 cm³/mol. The molecule has 0 saturated carbocycles. The molecule has 1 aliphatic rings. The van der Waals surface area contributed by atoms with Crippen LogP contribution in [0.3, 0.4) is 0 Å². The van der Waals surface area contributed by atoms with Crippen LogP contribution < -0.4 is 5.32 Å². The van der Waals surface area contributed by atoms with E-state index in [1.54, 1.807) is 0 Å². The van der Waals surface area contributed by atoms with Gasteiger partial charge in [0.1, 0.15) is 0 Å². The summed E-state index contributed by atoms with van der Waals surface area (Å²) < 4.78 is 2.05. The van der Waals surface area contributed by atoms with Gasteiger partial charge < -0.3 is 10.2 Å². The van der Waals surface area contributed by atoms with E-state index in [1.807, 2.05) is 0 Å². The molecule has 21 heavy (non-hydrogen) atoms. The number of hydrogen-bond donors (Lipinski definition) is 1. The molecule has 0 aliphatic carbocycles. The van der Waals surface area contributed by atoms with Crippen LogP contribution in [0.4, 0.5) is 0 Å². The summed E-state index contributed by atoms with van der Waals surface area (Å²) in [6, 6.07) is 3.29. The summed E-state index contributed by atoms with van der Waals surface area (Å²) in [5.41, 5.74) is 2.52. The minimum atomic E-state index is 0.475. The first kappa shape index (κ1) is 16.5. The lowest BCUT2D eigenvalue weighted by molar-refractivity contribution is 0.0876. The number of piperazine rings is 1. The Kier molecular flexibility index (Phi) is 5.79. The van der Waals surface area contributed by atoms with Gasteiger partial charge in [0.2, 0.25) is 0 Å². The van der Waals surface area contributed by atoms with E-state index in [-0.39, 0.29) is 0 Å². The van der Waals surface area contributed by atoms with Crippen molar-refractivity contribution in [3.63, 3.8) is 0 Å². The fourth-order valence-corrected chi connectivity index (χ4v) is 3.25. The second kappa shape index (κ2) is 7.38. The van der Waals surface area contributed by atoms with Crippen LogP contribution in [-0.2, 0) is 19.9 Å². The monoisotopic (exact) mass is 293 g/mol. The molecule has 2 rings (SSSR count). The van der Waals surface area contributed by atoms with Gasteiger partial charge in [0, 0.05) is 50.9 Å². The van der Waals surface area contributed by atoms with E-state index in [0.29, 0.717) is 12.1 Å². The number of likely N-dealkylation sites (N-methyl/N-ethyl adjacent to an activating group) is 3. The maximum Gasteiger partial charge on any atom is 0.0624 e. The maximum atomic E-state index is 4.59. The number of nitrogens with zero attached hydrogens (tertiary/aromatic N) is 4. The molecule has 0 bridgehead atoms. The average Bonchev–Trinajstić information content (AvgIpc) is 2.82. The first-order chi connectivity index (χ1) is 10.0. The Morgan fingerprint density at radius 1 is 1.29 bits per heavy atom. The normalized spacial score (nSPS) is 22.6. The first-order valence-electron chi connectivity index (χ1n) is 8.19. The van der Waals surface area contributed by atoms with Gasteiger partial charge in [0.05, 0.1) is 5.69 Å². The van der Waals surface area contributed by atoms with Crippen LogP contribution in [0, 0.1) is 0 Å². The van der Waals surface area contributed by atoms with Gasteiger partial charge >= 0.3 is 0 Å². The molecule has 2 heterocycles. The van der Waals surface area contributed by atoms with E-state index in [9.17, 15) is 0 Å². The van der Waals surface area contributed by atoms with Gasteiger partial charge in [0.25, 0.3) is 0 Å². The molecule has 1 N–H and O–H groups in total. The topological polar surface area (TPSA) is 36.3 Å². The highest BCUT2D eigenvalue weighted by Crippen LogP contribution is 2.15. The largest absolute Gasteiger partial charge is 0.312 e. The Balaban J connectivity index is 2.12. The molecule has 1 aliphatic heterocycles. The number of nitrogens with one attached hydrogen (secondary N) is 1. The van der Waals surface area contributed by atoms with Crippen LogP contribution in [0.25, 0.3) is 0 Å². The molecule has 1 aromatic heterocycles. The van der Waals surface area contributed by atoms with Crippen molar-refractivity contribution in [3.05, 3.63) is 17.5 Å².